The maximum atomic E-state index is 12.2. The number of anilines is 1. The third-order valence-corrected chi connectivity index (χ3v) is 4.42. The van der Waals surface area contributed by atoms with Crippen molar-refractivity contribution in [3.05, 3.63) is 63.6 Å². The van der Waals surface area contributed by atoms with E-state index in [1.165, 1.54) is 6.92 Å². The summed E-state index contributed by atoms with van der Waals surface area (Å²) in [6.07, 6.45) is 0. The first kappa shape index (κ1) is 18.5. The van der Waals surface area contributed by atoms with Gasteiger partial charge in [-0.2, -0.15) is 0 Å². The van der Waals surface area contributed by atoms with Crippen molar-refractivity contribution >= 4 is 40.6 Å². The Balaban J connectivity index is 2.00. The van der Waals surface area contributed by atoms with Crippen LogP contribution in [0.5, 0.6) is 0 Å². The Morgan fingerprint density at radius 2 is 1.79 bits per heavy atom. The van der Waals surface area contributed by atoms with Crippen molar-refractivity contribution in [3.8, 4) is 0 Å². The second-order valence-electron chi connectivity index (χ2n) is 5.67. The van der Waals surface area contributed by atoms with Gasteiger partial charge >= 0.3 is 0 Å². The summed E-state index contributed by atoms with van der Waals surface area (Å²) >= 11 is 12.2. The number of carbonyl (C=O) groups is 2. The van der Waals surface area contributed by atoms with Crippen LogP contribution in [0.15, 0.2) is 42.5 Å². The fraction of sp³-hybridized carbons (Fsp3) is 0.222. The van der Waals surface area contributed by atoms with Crippen molar-refractivity contribution < 1.29 is 14.5 Å². The van der Waals surface area contributed by atoms with Crippen LogP contribution in [0.2, 0.25) is 10.0 Å². The lowest BCUT2D eigenvalue weighted by atomic mass is 10.1. The van der Waals surface area contributed by atoms with Crippen LogP contribution in [0.4, 0.5) is 5.69 Å². The predicted octanol–water partition coefficient (Wildman–Crippen LogP) is 2.85. The van der Waals surface area contributed by atoms with E-state index >= 15 is 0 Å². The molecule has 0 saturated carbocycles. The molecule has 24 heavy (non-hydrogen) atoms. The molecule has 0 aliphatic carbocycles. The number of quaternary nitrogens is 1. The zero-order valence-electron chi connectivity index (χ0n) is 13.5. The molecule has 2 aromatic rings. The molecule has 0 heterocycles. The van der Waals surface area contributed by atoms with Crippen LogP contribution in [0.1, 0.15) is 22.8 Å². The molecule has 0 bridgehead atoms. The van der Waals surface area contributed by atoms with Crippen molar-refractivity contribution in [2.75, 3.05) is 18.9 Å². The molecule has 4 nitrogen and oxygen atoms in total. The van der Waals surface area contributed by atoms with E-state index in [1.54, 1.807) is 30.3 Å². The number of hydrogen-bond donors (Lipinski definition) is 2. The minimum atomic E-state index is -0.167. The number of carbonyl (C=O) groups excluding carboxylic acids is 2. The number of Topliss-reactive ketones (excluding diaryl/α,β-unsaturated/α-hetero) is 1. The zero-order valence-corrected chi connectivity index (χ0v) is 15.0. The highest BCUT2D eigenvalue weighted by Gasteiger charge is 2.15. The quantitative estimate of drug-likeness (QED) is 0.773. The molecule has 0 aliphatic heterocycles. The standard InChI is InChI=1S/C18H18Cl2N2O2/c1-12(23)14-7-3-4-9-16(14)21-17(24)11-22(2)10-13-6-5-8-15(19)18(13)20/h3-9H,10-11H2,1-2H3,(H,21,24)/p+1. The van der Waals surface area contributed by atoms with Crippen molar-refractivity contribution in [3.63, 3.8) is 0 Å². The first-order valence-corrected chi connectivity index (χ1v) is 8.28. The zero-order chi connectivity index (χ0) is 17.7. The average Bonchev–Trinajstić information content (AvgIpc) is 2.52. The van der Waals surface area contributed by atoms with Gasteiger partial charge in [0.15, 0.2) is 12.3 Å². The molecule has 0 spiro atoms. The largest absolute Gasteiger partial charge is 0.326 e. The van der Waals surface area contributed by atoms with Gasteiger partial charge in [0.1, 0.15) is 6.54 Å². The molecule has 1 amide bonds. The van der Waals surface area contributed by atoms with Crippen LogP contribution in [-0.2, 0) is 11.3 Å². The number of amides is 1. The summed E-state index contributed by atoms with van der Waals surface area (Å²) in [7, 11) is 1.90. The van der Waals surface area contributed by atoms with Crippen LogP contribution in [0.25, 0.3) is 0 Å². The Hall–Kier alpha value is -1.88. The molecule has 2 aromatic carbocycles. The number of likely N-dealkylation sites (N-methyl/N-ethyl adjacent to an activating group) is 1. The van der Waals surface area contributed by atoms with E-state index in [0.717, 1.165) is 10.5 Å². The third-order valence-electron chi connectivity index (χ3n) is 3.57. The number of ketones is 1. The minimum absolute atomic E-state index is 0.0858. The summed E-state index contributed by atoms with van der Waals surface area (Å²) in [6, 6.07) is 12.4. The van der Waals surface area contributed by atoms with Crippen LogP contribution in [0, 0.1) is 0 Å². The van der Waals surface area contributed by atoms with Gasteiger partial charge in [0.2, 0.25) is 0 Å². The SMILES string of the molecule is CC(=O)c1ccccc1NC(=O)C[NH+](C)Cc1cccc(Cl)c1Cl. The van der Waals surface area contributed by atoms with Gasteiger partial charge in [-0.1, -0.05) is 47.5 Å². The summed E-state index contributed by atoms with van der Waals surface area (Å²) in [4.78, 5) is 24.8. The lowest BCUT2D eigenvalue weighted by Gasteiger charge is -2.15. The smallest absolute Gasteiger partial charge is 0.279 e. The Bertz CT molecular complexity index is 762. The second-order valence-corrected chi connectivity index (χ2v) is 6.46. The van der Waals surface area contributed by atoms with Gasteiger partial charge in [-0.05, 0) is 25.1 Å². The van der Waals surface area contributed by atoms with E-state index in [2.05, 4.69) is 5.32 Å². The van der Waals surface area contributed by atoms with Crippen LogP contribution in [-0.4, -0.2) is 25.3 Å². The summed E-state index contributed by atoms with van der Waals surface area (Å²) < 4.78 is 0. The molecular formula is C18H19Cl2N2O2+. The first-order chi connectivity index (χ1) is 11.4. The lowest BCUT2D eigenvalue weighted by molar-refractivity contribution is -0.885. The highest BCUT2D eigenvalue weighted by Crippen LogP contribution is 2.24. The van der Waals surface area contributed by atoms with Gasteiger partial charge in [0, 0.05) is 11.1 Å². The van der Waals surface area contributed by atoms with Gasteiger partial charge in [-0.25, -0.2) is 0 Å². The van der Waals surface area contributed by atoms with Gasteiger partial charge in [0.05, 0.1) is 22.8 Å². The van der Waals surface area contributed by atoms with E-state index in [1.807, 2.05) is 19.2 Å². The fourth-order valence-corrected chi connectivity index (χ4v) is 2.83. The van der Waals surface area contributed by atoms with E-state index in [4.69, 9.17) is 23.2 Å². The Morgan fingerprint density at radius 1 is 1.08 bits per heavy atom. The fourth-order valence-electron chi connectivity index (χ4n) is 2.44. The molecule has 0 radical (unpaired) electrons. The average molecular weight is 366 g/mol. The highest BCUT2D eigenvalue weighted by molar-refractivity contribution is 6.42. The van der Waals surface area contributed by atoms with Gasteiger partial charge < -0.3 is 10.2 Å². The van der Waals surface area contributed by atoms with Crippen molar-refractivity contribution in [2.45, 2.75) is 13.5 Å². The van der Waals surface area contributed by atoms with Gasteiger partial charge in [0.25, 0.3) is 5.91 Å². The maximum absolute atomic E-state index is 12.2. The summed E-state index contributed by atoms with van der Waals surface area (Å²) in [5.74, 6) is -0.253. The third kappa shape index (κ3) is 4.81. The molecule has 6 heteroatoms. The lowest BCUT2D eigenvalue weighted by Crippen LogP contribution is -3.08. The molecular weight excluding hydrogens is 347 g/mol. The van der Waals surface area contributed by atoms with Gasteiger partial charge in [-0.3, -0.25) is 9.59 Å². The number of nitrogens with one attached hydrogen (secondary N) is 2. The summed E-state index contributed by atoms with van der Waals surface area (Å²) in [6.45, 7) is 2.29. The molecule has 0 aliphatic rings. The van der Waals surface area contributed by atoms with Crippen molar-refractivity contribution in [1.29, 1.82) is 0 Å². The molecule has 2 N–H and O–H groups in total. The minimum Gasteiger partial charge on any atom is -0.326 e. The summed E-state index contributed by atoms with van der Waals surface area (Å²) in [5.41, 5.74) is 1.92. The molecule has 0 saturated heterocycles. The molecule has 0 aromatic heterocycles. The topological polar surface area (TPSA) is 50.6 Å². The number of halogens is 2. The number of benzene rings is 2. The van der Waals surface area contributed by atoms with E-state index < -0.39 is 0 Å². The molecule has 0 fully saturated rings. The summed E-state index contributed by atoms with van der Waals surface area (Å²) in [5, 5.41) is 3.81. The highest BCUT2D eigenvalue weighted by atomic mass is 35.5. The van der Waals surface area contributed by atoms with E-state index in [-0.39, 0.29) is 18.2 Å². The molecule has 2 rings (SSSR count). The monoisotopic (exact) mass is 365 g/mol. The van der Waals surface area contributed by atoms with E-state index in [0.29, 0.717) is 27.8 Å². The Labute approximate surface area is 151 Å². The maximum Gasteiger partial charge on any atom is 0.279 e. The number of para-hydroxylation sites is 1. The van der Waals surface area contributed by atoms with Crippen LogP contribution in [0.3, 0.4) is 0 Å². The normalized spacial score (nSPS) is 11.8. The van der Waals surface area contributed by atoms with Crippen molar-refractivity contribution in [2.24, 2.45) is 0 Å². The van der Waals surface area contributed by atoms with Gasteiger partial charge in [-0.15, -0.1) is 0 Å². The van der Waals surface area contributed by atoms with Crippen molar-refractivity contribution in [1.82, 2.24) is 0 Å². The Morgan fingerprint density at radius 3 is 2.50 bits per heavy atom. The second kappa shape index (κ2) is 8.29. The Kier molecular flexibility index (Phi) is 6.37. The predicted molar refractivity (Wildman–Crippen MR) is 97.0 cm³/mol. The first-order valence-electron chi connectivity index (χ1n) is 7.52. The molecule has 126 valence electrons. The van der Waals surface area contributed by atoms with Crippen LogP contribution >= 0.6 is 23.2 Å². The molecule has 1 atom stereocenters. The van der Waals surface area contributed by atoms with E-state index in [9.17, 15) is 9.59 Å². The van der Waals surface area contributed by atoms with Crippen LogP contribution < -0.4 is 10.2 Å². The molecule has 1 unspecified atom stereocenters. The number of rotatable bonds is 6. The number of hydrogen-bond acceptors (Lipinski definition) is 2.